The van der Waals surface area contributed by atoms with Gasteiger partial charge in [0, 0.05) is 17.3 Å². The minimum Gasteiger partial charge on any atom is -0.508 e. The summed E-state index contributed by atoms with van der Waals surface area (Å²) in [4.78, 5) is 0. The largest absolute Gasteiger partial charge is 0.508 e. The summed E-state index contributed by atoms with van der Waals surface area (Å²) in [7, 11) is 0. The highest BCUT2D eigenvalue weighted by Gasteiger charge is 2.15. The normalized spacial score (nSPS) is 12.9. The molecule has 0 aromatic heterocycles. The maximum atomic E-state index is 9.46. The van der Waals surface area contributed by atoms with Crippen molar-refractivity contribution >= 4 is 24.2 Å². The van der Waals surface area contributed by atoms with Crippen LogP contribution in [0.25, 0.3) is 0 Å². The summed E-state index contributed by atoms with van der Waals surface area (Å²) in [6, 6.07) is 7.50. The average molecular weight is 276 g/mol. The SMILES string of the molecule is CSC(CNC(C)(C)C)c1cccc(O)c1.Cl. The van der Waals surface area contributed by atoms with Crippen molar-refractivity contribution in [2.45, 2.75) is 31.6 Å². The van der Waals surface area contributed by atoms with Crippen LogP contribution in [0.2, 0.25) is 0 Å². The summed E-state index contributed by atoms with van der Waals surface area (Å²) < 4.78 is 0. The molecular formula is C13H22ClNOS. The van der Waals surface area contributed by atoms with Crippen molar-refractivity contribution in [3.63, 3.8) is 0 Å². The van der Waals surface area contributed by atoms with Crippen molar-refractivity contribution < 1.29 is 5.11 Å². The number of phenols is 1. The van der Waals surface area contributed by atoms with Gasteiger partial charge in [-0.15, -0.1) is 12.4 Å². The van der Waals surface area contributed by atoms with E-state index in [4.69, 9.17) is 0 Å². The van der Waals surface area contributed by atoms with Crippen LogP contribution in [0.5, 0.6) is 5.75 Å². The molecule has 0 aliphatic rings. The van der Waals surface area contributed by atoms with Crippen LogP contribution in [0.3, 0.4) is 0 Å². The van der Waals surface area contributed by atoms with Crippen LogP contribution in [-0.2, 0) is 0 Å². The molecule has 0 aliphatic carbocycles. The molecule has 0 saturated heterocycles. The molecule has 2 N–H and O–H groups in total. The van der Waals surface area contributed by atoms with Gasteiger partial charge in [-0.2, -0.15) is 11.8 Å². The number of aromatic hydroxyl groups is 1. The van der Waals surface area contributed by atoms with E-state index >= 15 is 0 Å². The fourth-order valence-corrected chi connectivity index (χ4v) is 2.13. The van der Waals surface area contributed by atoms with Crippen molar-refractivity contribution in [3.8, 4) is 5.75 Å². The highest BCUT2D eigenvalue weighted by atomic mass is 35.5. The number of thioether (sulfide) groups is 1. The zero-order valence-electron chi connectivity index (χ0n) is 10.9. The fourth-order valence-electron chi connectivity index (χ4n) is 1.46. The Kier molecular flexibility index (Phi) is 6.98. The third kappa shape index (κ3) is 6.20. The topological polar surface area (TPSA) is 32.3 Å². The summed E-state index contributed by atoms with van der Waals surface area (Å²) in [6.07, 6.45) is 2.10. The molecule has 0 aliphatic heterocycles. The van der Waals surface area contributed by atoms with E-state index in [1.807, 2.05) is 12.1 Å². The highest BCUT2D eigenvalue weighted by Crippen LogP contribution is 2.28. The van der Waals surface area contributed by atoms with Gasteiger partial charge in [0.05, 0.1) is 0 Å². The first kappa shape index (κ1) is 16.6. The Morgan fingerprint density at radius 1 is 1.35 bits per heavy atom. The third-order valence-corrected chi connectivity index (χ3v) is 3.35. The third-order valence-electron chi connectivity index (χ3n) is 2.34. The molecule has 1 rings (SSSR count). The van der Waals surface area contributed by atoms with Crippen LogP contribution in [0, 0.1) is 0 Å². The number of nitrogens with one attached hydrogen (secondary N) is 1. The molecule has 17 heavy (non-hydrogen) atoms. The molecule has 1 atom stereocenters. The van der Waals surface area contributed by atoms with Gasteiger partial charge in [0.2, 0.25) is 0 Å². The van der Waals surface area contributed by atoms with Crippen molar-refractivity contribution in [3.05, 3.63) is 29.8 Å². The highest BCUT2D eigenvalue weighted by molar-refractivity contribution is 7.98. The van der Waals surface area contributed by atoms with Crippen LogP contribution in [0.15, 0.2) is 24.3 Å². The van der Waals surface area contributed by atoms with Gasteiger partial charge in [0.1, 0.15) is 5.75 Å². The number of halogens is 1. The molecular weight excluding hydrogens is 254 g/mol. The molecule has 0 bridgehead atoms. The second kappa shape index (κ2) is 7.14. The maximum Gasteiger partial charge on any atom is 0.115 e. The molecule has 1 unspecified atom stereocenters. The first-order valence-corrected chi connectivity index (χ1v) is 6.78. The Morgan fingerprint density at radius 2 is 2.00 bits per heavy atom. The summed E-state index contributed by atoms with van der Waals surface area (Å²) >= 11 is 1.80. The number of phenolic OH excluding ortho intramolecular Hbond substituents is 1. The van der Waals surface area contributed by atoms with Crippen LogP contribution in [0.4, 0.5) is 0 Å². The van der Waals surface area contributed by atoms with Gasteiger partial charge in [-0.3, -0.25) is 0 Å². The molecule has 1 aromatic rings. The minimum atomic E-state index is 0. The van der Waals surface area contributed by atoms with Crippen molar-refractivity contribution in [2.24, 2.45) is 0 Å². The molecule has 0 heterocycles. The molecule has 0 saturated carbocycles. The van der Waals surface area contributed by atoms with Crippen LogP contribution >= 0.6 is 24.2 Å². The van der Waals surface area contributed by atoms with E-state index in [0.717, 1.165) is 6.54 Å². The summed E-state index contributed by atoms with van der Waals surface area (Å²) in [5.74, 6) is 0.340. The number of rotatable bonds is 4. The fraction of sp³-hybridized carbons (Fsp3) is 0.538. The zero-order chi connectivity index (χ0) is 12.2. The Bertz CT molecular complexity index is 338. The number of benzene rings is 1. The lowest BCUT2D eigenvalue weighted by atomic mass is 10.1. The Balaban J connectivity index is 0.00000256. The molecule has 0 spiro atoms. The van der Waals surface area contributed by atoms with Crippen LogP contribution in [-0.4, -0.2) is 23.4 Å². The molecule has 98 valence electrons. The van der Waals surface area contributed by atoms with E-state index in [2.05, 4.69) is 38.4 Å². The lowest BCUT2D eigenvalue weighted by Crippen LogP contribution is -2.38. The molecule has 0 fully saturated rings. The van der Waals surface area contributed by atoms with Crippen LogP contribution in [0.1, 0.15) is 31.6 Å². The second-order valence-electron chi connectivity index (χ2n) is 4.95. The van der Waals surface area contributed by atoms with Gasteiger partial charge in [-0.05, 0) is 44.7 Å². The molecule has 1 aromatic carbocycles. The molecule has 0 radical (unpaired) electrons. The summed E-state index contributed by atoms with van der Waals surface area (Å²) in [5, 5.41) is 13.3. The van der Waals surface area contributed by atoms with Gasteiger partial charge in [-0.1, -0.05) is 12.1 Å². The van der Waals surface area contributed by atoms with E-state index in [1.165, 1.54) is 5.56 Å². The number of hydrogen-bond donors (Lipinski definition) is 2. The standard InChI is InChI=1S/C13H21NOS.ClH/c1-13(2,3)14-9-12(16-4)10-6-5-7-11(15)8-10;/h5-8,12,14-15H,9H2,1-4H3;1H. The smallest absolute Gasteiger partial charge is 0.115 e. The molecule has 0 amide bonds. The maximum absolute atomic E-state index is 9.46. The minimum absolute atomic E-state index is 0. The van der Waals surface area contributed by atoms with Gasteiger partial charge < -0.3 is 10.4 Å². The van der Waals surface area contributed by atoms with Gasteiger partial charge >= 0.3 is 0 Å². The van der Waals surface area contributed by atoms with Crippen molar-refractivity contribution in [2.75, 3.05) is 12.8 Å². The Hall–Kier alpha value is -0.380. The summed E-state index contributed by atoms with van der Waals surface area (Å²) in [6.45, 7) is 7.39. The van der Waals surface area contributed by atoms with Gasteiger partial charge in [-0.25, -0.2) is 0 Å². The zero-order valence-corrected chi connectivity index (χ0v) is 12.5. The Labute approximate surface area is 115 Å². The first-order chi connectivity index (χ1) is 7.42. The van der Waals surface area contributed by atoms with E-state index in [0.29, 0.717) is 11.0 Å². The number of hydrogen-bond acceptors (Lipinski definition) is 3. The van der Waals surface area contributed by atoms with E-state index in [1.54, 1.807) is 17.8 Å². The quantitative estimate of drug-likeness (QED) is 0.881. The van der Waals surface area contributed by atoms with E-state index < -0.39 is 0 Å². The lowest BCUT2D eigenvalue weighted by molar-refractivity contribution is 0.427. The predicted octanol–water partition coefficient (Wildman–Crippen LogP) is 3.61. The lowest BCUT2D eigenvalue weighted by Gasteiger charge is -2.24. The Morgan fingerprint density at radius 3 is 2.47 bits per heavy atom. The first-order valence-electron chi connectivity index (χ1n) is 5.49. The van der Waals surface area contributed by atoms with Crippen LogP contribution < -0.4 is 5.32 Å². The molecule has 4 heteroatoms. The van der Waals surface area contributed by atoms with Crippen molar-refractivity contribution in [1.29, 1.82) is 0 Å². The average Bonchev–Trinajstić information content (AvgIpc) is 2.17. The second-order valence-corrected chi connectivity index (χ2v) is 5.99. The summed E-state index contributed by atoms with van der Waals surface area (Å²) in [5.41, 5.74) is 1.30. The van der Waals surface area contributed by atoms with E-state index in [-0.39, 0.29) is 17.9 Å². The molecule has 2 nitrogen and oxygen atoms in total. The van der Waals surface area contributed by atoms with Gasteiger partial charge in [0.25, 0.3) is 0 Å². The predicted molar refractivity (Wildman–Crippen MR) is 79.4 cm³/mol. The van der Waals surface area contributed by atoms with Crippen molar-refractivity contribution in [1.82, 2.24) is 5.32 Å². The van der Waals surface area contributed by atoms with Gasteiger partial charge in [0.15, 0.2) is 0 Å². The monoisotopic (exact) mass is 275 g/mol. The van der Waals surface area contributed by atoms with E-state index in [9.17, 15) is 5.11 Å².